The predicted molar refractivity (Wildman–Crippen MR) is 132 cm³/mol. The molecule has 10 heteroatoms. The lowest BCUT2D eigenvalue weighted by Gasteiger charge is -2.58. The SMILES string of the molecule is CC(=O)[C@@]12/C=C/C=C\C(=O)O[C@H]3C[C@H]4O[C@H]5C=C(C)CC[C@@]5(COC(=O)[C@@H]5O[C@]5(CCO1)[C@H]2O)[C@]3(C)[C@@]41CO1. The zero-order valence-corrected chi connectivity index (χ0v) is 22.3. The third-order valence-electron chi connectivity index (χ3n) is 10.8. The Morgan fingerprint density at radius 3 is 2.64 bits per heavy atom. The Hall–Kier alpha value is -2.37. The minimum Gasteiger partial charge on any atom is -0.463 e. The van der Waals surface area contributed by atoms with Crippen LogP contribution in [0.25, 0.3) is 0 Å². The number of esters is 2. The van der Waals surface area contributed by atoms with Crippen LogP contribution in [0.1, 0.15) is 46.5 Å². The molecule has 5 heterocycles. The van der Waals surface area contributed by atoms with Crippen molar-refractivity contribution in [3.63, 3.8) is 0 Å². The summed E-state index contributed by atoms with van der Waals surface area (Å²) in [4.78, 5) is 39.3. The summed E-state index contributed by atoms with van der Waals surface area (Å²) in [6, 6.07) is 0. The fourth-order valence-corrected chi connectivity index (χ4v) is 8.26. The van der Waals surface area contributed by atoms with E-state index in [1.165, 1.54) is 36.8 Å². The van der Waals surface area contributed by atoms with Gasteiger partial charge < -0.3 is 33.5 Å². The highest BCUT2D eigenvalue weighted by molar-refractivity contribution is 5.90. The second-order valence-electron chi connectivity index (χ2n) is 12.4. The van der Waals surface area contributed by atoms with Crippen molar-refractivity contribution in [3.05, 3.63) is 36.0 Å². The number of carbonyl (C=O) groups is 3. The van der Waals surface area contributed by atoms with Gasteiger partial charge in [0.05, 0.1) is 30.8 Å². The van der Waals surface area contributed by atoms with Gasteiger partial charge in [-0.15, -0.1) is 0 Å². The zero-order chi connectivity index (χ0) is 27.4. The Morgan fingerprint density at radius 1 is 1.10 bits per heavy atom. The highest BCUT2D eigenvalue weighted by Gasteiger charge is 2.83. The van der Waals surface area contributed by atoms with E-state index in [2.05, 4.69) is 19.9 Å². The molecule has 1 saturated carbocycles. The molecule has 10 nitrogen and oxygen atoms in total. The summed E-state index contributed by atoms with van der Waals surface area (Å²) in [6.07, 6.45) is 6.29. The number of cyclic esters (lactones) is 1. The van der Waals surface area contributed by atoms with Crippen LogP contribution in [-0.2, 0) is 42.8 Å². The monoisotopic (exact) mass is 542 g/mol. The standard InChI is InChI=1S/C29H34O10/c1-16-7-9-26-14-34-23(32)22-28(39-22)10-11-35-27(17(2)30,24(28)33)8-5-4-6-21(31)38-18-13-20(37-19(26)12-16)29(15-36-29)25(18,26)3/h4-6,8,12,18-20,22,24,33H,7,9-11,13-15H2,1-3H3/b6-4-,8-5+/t18-,19-,20+,22-,24-,25+,26-,27+,28-,29+/m0/s1. The van der Waals surface area contributed by atoms with Crippen LogP contribution in [-0.4, -0.2) is 90.0 Å². The van der Waals surface area contributed by atoms with Gasteiger partial charge >= 0.3 is 11.9 Å². The molecule has 0 aromatic heterocycles. The number of fused-ring (bicyclic) bond motifs is 1. The molecule has 210 valence electrons. The Morgan fingerprint density at radius 2 is 1.90 bits per heavy atom. The lowest BCUT2D eigenvalue weighted by molar-refractivity contribution is -0.233. The first-order valence-corrected chi connectivity index (χ1v) is 13.8. The first-order valence-electron chi connectivity index (χ1n) is 13.8. The van der Waals surface area contributed by atoms with Gasteiger partial charge in [-0.2, -0.15) is 0 Å². The molecule has 0 aromatic carbocycles. The third-order valence-corrected chi connectivity index (χ3v) is 10.8. The molecule has 5 fully saturated rings. The van der Waals surface area contributed by atoms with Gasteiger partial charge in [0.1, 0.15) is 30.0 Å². The molecule has 1 N–H and O–H groups in total. The Labute approximate surface area is 226 Å². The van der Waals surface area contributed by atoms with E-state index >= 15 is 0 Å². The fourth-order valence-electron chi connectivity index (χ4n) is 8.26. The molecule has 39 heavy (non-hydrogen) atoms. The second-order valence-corrected chi connectivity index (χ2v) is 12.4. The number of hydrogen-bond acceptors (Lipinski definition) is 10. The number of hydrogen-bond donors (Lipinski definition) is 1. The molecule has 5 aliphatic heterocycles. The summed E-state index contributed by atoms with van der Waals surface area (Å²) < 4.78 is 36.5. The average molecular weight is 543 g/mol. The van der Waals surface area contributed by atoms with Crippen molar-refractivity contribution in [2.45, 2.75) is 93.8 Å². The lowest BCUT2D eigenvalue weighted by Crippen LogP contribution is -2.67. The Kier molecular flexibility index (Phi) is 5.31. The van der Waals surface area contributed by atoms with E-state index in [1.807, 2.05) is 0 Å². The molecule has 7 rings (SSSR count). The largest absolute Gasteiger partial charge is 0.463 e. The minimum absolute atomic E-state index is 0.0127. The molecule has 10 atom stereocenters. The van der Waals surface area contributed by atoms with Crippen LogP contribution in [0.4, 0.5) is 0 Å². The maximum absolute atomic E-state index is 13.5. The van der Waals surface area contributed by atoms with Gasteiger partial charge in [-0.05, 0) is 32.8 Å². The highest BCUT2D eigenvalue weighted by atomic mass is 16.7. The van der Waals surface area contributed by atoms with Crippen molar-refractivity contribution >= 4 is 17.7 Å². The number of ketones is 1. The summed E-state index contributed by atoms with van der Waals surface area (Å²) in [5.41, 5.74) is -3.83. The minimum atomic E-state index is -1.72. The summed E-state index contributed by atoms with van der Waals surface area (Å²) in [5, 5.41) is 11.4. The van der Waals surface area contributed by atoms with E-state index in [4.69, 9.17) is 28.4 Å². The third kappa shape index (κ3) is 3.12. The van der Waals surface area contributed by atoms with Crippen molar-refractivity contribution in [2.24, 2.45) is 10.8 Å². The zero-order valence-electron chi connectivity index (χ0n) is 22.3. The normalized spacial score (nSPS) is 53.4. The molecule has 2 aliphatic carbocycles. The average Bonchev–Trinajstić information content (AvgIpc) is 3.81. The van der Waals surface area contributed by atoms with Crippen LogP contribution in [0.15, 0.2) is 36.0 Å². The van der Waals surface area contributed by atoms with Crippen LogP contribution < -0.4 is 0 Å². The quantitative estimate of drug-likeness (QED) is 0.295. The number of aliphatic hydroxyl groups excluding tert-OH is 1. The van der Waals surface area contributed by atoms with E-state index in [9.17, 15) is 19.5 Å². The Balaban J connectivity index is 1.31. The van der Waals surface area contributed by atoms with Crippen molar-refractivity contribution < 1.29 is 47.9 Å². The molecule has 4 saturated heterocycles. The van der Waals surface area contributed by atoms with Crippen LogP contribution >= 0.6 is 0 Å². The van der Waals surface area contributed by atoms with Gasteiger partial charge in [0.2, 0.25) is 0 Å². The van der Waals surface area contributed by atoms with Crippen LogP contribution in [0.5, 0.6) is 0 Å². The van der Waals surface area contributed by atoms with Crippen LogP contribution in [0.3, 0.4) is 0 Å². The predicted octanol–water partition coefficient (Wildman–Crippen LogP) is 1.49. The van der Waals surface area contributed by atoms with Gasteiger partial charge in [0, 0.05) is 24.3 Å². The summed E-state index contributed by atoms with van der Waals surface area (Å²) in [6.45, 7) is 6.05. The molecule has 4 bridgehead atoms. The van der Waals surface area contributed by atoms with Crippen molar-refractivity contribution in [1.82, 2.24) is 0 Å². The lowest BCUT2D eigenvalue weighted by atomic mass is 9.51. The molecule has 0 aromatic rings. The molecule has 0 unspecified atom stereocenters. The van der Waals surface area contributed by atoms with Gasteiger partial charge in [-0.1, -0.05) is 30.7 Å². The van der Waals surface area contributed by atoms with E-state index in [1.54, 1.807) is 0 Å². The number of aliphatic hydroxyl groups is 1. The number of rotatable bonds is 1. The molecule has 7 aliphatic rings. The molecule has 0 amide bonds. The smallest absolute Gasteiger partial charge is 0.338 e. The van der Waals surface area contributed by atoms with E-state index in [0.717, 1.165) is 6.42 Å². The maximum Gasteiger partial charge on any atom is 0.338 e. The second kappa shape index (κ2) is 8.10. The van der Waals surface area contributed by atoms with Crippen molar-refractivity contribution in [1.29, 1.82) is 0 Å². The molecular formula is C29H34O10. The fraction of sp³-hybridized carbons (Fsp3) is 0.690. The van der Waals surface area contributed by atoms with E-state index in [-0.39, 0.29) is 31.8 Å². The summed E-state index contributed by atoms with van der Waals surface area (Å²) in [7, 11) is 0. The summed E-state index contributed by atoms with van der Waals surface area (Å²) in [5.74, 6) is -1.59. The van der Waals surface area contributed by atoms with Gasteiger partial charge in [0.15, 0.2) is 17.5 Å². The van der Waals surface area contributed by atoms with Crippen LogP contribution in [0, 0.1) is 10.8 Å². The first-order chi connectivity index (χ1) is 18.5. The number of carbonyl (C=O) groups excluding carboxylic acids is 3. The van der Waals surface area contributed by atoms with Crippen molar-refractivity contribution in [3.8, 4) is 0 Å². The number of epoxide rings is 2. The summed E-state index contributed by atoms with van der Waals surface area (Å²) >= 11 is 0. The van der Waals surface area contributed by atoms with Gasteiger partial charge in [0.25, 0.3) is 0 Å². The number of Topliss-reactive ketones (excluding diaryl/α,β-unsaturated/α-hetero) is 1. The van der Waals surface area contributed by atoms with Gasteiger partial charge in [-0.3, -0.25) is 4.79 Å². The maximum atomic E-state index is 13.5. The van der Waals surface area contributed by atoms with Crippen molar-refractivity contribution in [2.75, 3.05) is 19.8 Å². The van der Waals surface area contributed by atoms with E-state index in [0.29, 0.717) is 19.4 Å². The molecular weight excluding hydrogens is 508 g/mol. The highest BCUT2D eigenvalue weighted by Crippen LogP contribution is 2.72. The number of ether oxygens (including phenoxy) is 6. The molecule has 3 spiro atoms. The molecule has 0 radical (unpaired) electrons. The van der Waals surface area contributed by atoms with Crippen LogP contribution in [0.2, 0.25) is 0 Å². The van der Waals surface area contributed by atoms with Gasteiger partial charge in [-0.25, -0.2) is 9.59 Å². The Bertz CT molecular complexity index is 1230. The van der Waals surface area contributed by atoms with E-state index < -0.39 is 63.7 Å². The topological polar surface area (TPSA) is 133 Å². The number of allylic oxidation sites excluding steroid dienone is 3. The first kappa shape index (κ1) is 25.6.